The van der Waals surface area contributed by atoms with Gasteiger partial charge in [0.25, 0.3) is 0 Å². The second kappa shape index (κ2) is 3.70. The molecule has 0 aromatic heterocycles. The Balaban J connectivity index is 2.94. The van der Waals surface area contributed by atoms with Crippen molar-refractivity contribution >= 4 is 15.9 Å². The van der Waals surface area contributed by atoms with Crippen molar-refractivity contribution in [2.75, 3.05) is 0 Å². The van der Waals surface area contributed by atoms with E-state index < -0.39 is 11.7 Å². The molecule has 0 fully saturated rings. The van der Waals surface area contributed by atoms with E-state index in [9.17, 15) is 13.2 Å². The summed E-state index contributed by atoms with van der Waals surface area (Å²) in [5, 5.41) is 0. The zero-order valence-electron chi connectivity index (χ0n) is 6.90. The fourth-order valence-electron chi connectivity index (χ4n) is 0.937. The number of halogens is 4. The topological polar surface area (TPSA) is 0 Å². The van der Waals surface area contributed by atoms with Gasteiger partial charge in [-0.05, 0) is 24.6 Å². The average Bonchev–Trinajstić information content (AvgIpc) is 2.03. The molecule has 0 amide bonds. The lowest BCUT2D eigenvalue weighted by Crippen LogP contribution is -2.04. The first-order chi connectivity index (χ1) is 5.91. The molecular weight excluding hydrogens is 245 g/mol. The molecule has 72 valence electrons. The van der Waals surface area contributed by atoms with Crippen molar-refractivity contribution in [2.24, 2.45) is 0 Å². The molecule has 0 saturated heterocycles. The van der Waals surface area contributed by atoms with Gasteiger partial charge in [-0.2, -0.15) is 13.2 Å². The van der Waals surface area contributed by atoms with Crippen molar-refractivity contribution in [3.63, 3.8) is 0 Å². The summed E-state index contributed by atoms with van der Waals surface area (Å²) in [5.41, 5.74) is 0.234. The van der Waals surface area contributed by atoms with Gasteiger partial charge in [0.2, 0.25) is 0 Å². The number of alkyl halides is 4. The van der Waals surface area contributed by atoms with Gasteiger partial charge < -0.3 is 0 Å². The third kappa shape index (κ3) is 2.72. The van der Waals surface area contributed by atoms with E-state index in [1.807, 2.05) is 6.92 Å². The van der Waals surface area contributed by atoms with Gasteiger partial charge in [-0.25, -0.2) is 0 Å². The van der Waals surface area contributed by atoms with Crippen LogP contribution in [0.3, 0.4) is 0 Å². The molecule has 0 radical (unpaired) electrons. The maximum absolute atomic E-state index is 12.1. The van der Waals surface area contributed by atoms with Crippen LogP contribution in [-0.4, -0.2) is 0 Å². The fourth-order valence-corrected chi connectivity index (χ4v) is 1.24. The van der Waals surface area contributed by atoms with Crippen LogP contribution in [0.4, 0.5) is 13.2 Å². The molecule has 0 bridgehead atoms. The predicted octanol–water partition coefficient (Wildman–Crippen LogP) is 4.16. The lowest BCUT2D eigenvalue weighted by molar-refractivity contribution is -0.137. The first-order valence-corrected chi connectivity index (χ1v) is 4.64. The molecule has 0 nitrogen and oxygen atoms in total. The van der Waals surface area contributed by atoms with Gasteiger partial charge >= 0.3 is 6.18 Å². The normalized spacial score (nSPS) is 14.2. The van der Waals surface area contributed by atoms with Crippen molar-refractivity contribution in [3.05, 3.63) is 35.4 Å². The molecular formula is C9H8BrF3. The minimum absolute atomic E-state index is 0.0785. The Kier molecular flexibility index (Phi) is 3.01. The Morgan fingerprint density at radius 2 is 1.62 bits per heavy atom. The maximum atomic E-state index is 12.1. The Morgan fingerprint density at radius 3 is 1.92 bits per heavy atom. The molecule has 1 rings (SSSR count). The summed E-state index contributed by atoms with van der Waals surface area (Å²) >= 11 is 3.28. The van der Waals surface area contributed by atoms with Crippen LogP contribution < -0.4 is 0 Å². The van der Waals surface area contributed by atoms with E-state index in [1.54, 1.807) is 0 Å². The van der Waals surface area contributed by atoms with E-state index in [0.29, 0.717) is 0 Å². The minimum atomic E-state index is -4.24. The average molecular weight is 253 g/mol. The lowest BCUT2D eigenvalue weighted by atomic mass is 10.1. The zero-order valence-corrected chi connectivity index (χ0v) is 8.48. The van der Waals surface area contributed by atoms with E-state index in [0.717, 1.165) is 17.7 Å². The number of rotatable bonds is 1. The Morgan fingerprint density at radius 1 is 1.15 bits per heavy atom. The standard InChI is InChI=1S/C9H8BrF3/c1-6(10)7-2-4-8(5-3-7)9(11,12)13/h2-6H,1H3/t6-/m1/s1. The largest absolute Gasteiger partial charge is 0.416 e. The molecule has 0 aliphatic heterocycles. The quantitative estimate of drug-likeness (QED) is 0.659. The molecule has 0 saturated carbocycles. The first kappa shape index (κ1) is 10.6. The van der Waals surface area contributed by atoms with E-state index in [-0.39, 0.29) is 4.83 Å². The molecule has 4 heteroatoms. The fraction of sp³-hybridized carbons (Fsp3) is 0.333. The third-order valence-corrected chi connectivity index (χ3v) is 2.23. The Hall–Kier alpha value is -0.510. The SMILES string of the molecule is C[C@@H](Br)c1ccc(C(F)(F)F)cc1. The van der Waals surface area contributed by atoms with Crippen molar-refractivity contribution in [1.82, 2.24) is 0 Å². The van der Waals surface area contributed by atoms with Crippen molar-refractivity contribution in [1.29, 1.82) is 0 Å². The molecule has 13 heavy (non-hydrogen) atoms. The van der Waals surface area contributed by atoms with Crippen LogP contribution >= 0.6 is 15.9 Å². The number of hydrogen-bond donors (Lipinski definition) is 0. The van der Waals surface area contributed by atoms with Crippen LogP contribution in [0.2, 0.25) is 0 Å². The van der Waals surface area contributed by atoms with Crippen LogP contribution in [0, 0.1) is 0 Å². The highest BCUT2D eigenvalue weighted by molar-refractivity contribution is 9.09. The minimum Gasteiger partial charge on any atom is -0.166 e. The van der Waals surface area contributed by atoms with Gasteiger partial charge in [0, 0.05) is 4.83 Å². The van der Waals surface area contributed by atoms with Gasteiger partial charge in [0.1, 0.15) is 0 Å². The lowest BCUT2D eigenvalue weighted by Gasteiger charge is -2.08. The van der Waals surface area contributed by atoms with Gasteiger partial charge in [0.05, 0.1) is 5.56 Å². The molecule has 0 spiro atoms. The first-order valence-electron chi connectivity index (χ1n) is 3.72. The van der Waals surface area contributed by atoms with Crippen LogP contribution in [0.1, 0.15) is 22.9 Å². The molecule has 0 aliphatic rings. The summed E-state index contributed by atoms with van der Waals surface area (Å²) in [6.45, 7) is 1.86. The molecule has 0 N–H and O–H groups in total. The predicted molar refractivity (Wildman–Crippen MR) is 48.8 cm³/mol. The zero-order chi connectivity index (χ0) is 10.1. The van der Waals surface area contributed by atoms with Gasteiger partial charge in [-0.1, -0.05) is 28.1 Å². The Bertz CT molecular complexity index is 274. The van der Waals surface area contributed by atoms with Crippen molar-refractivity contribution in [3.8, 4) is 0 Å². The summed E-state index contributed by atoms with van der Waals surface area (Å²) in [5.74, 6) is 0. The highest BCUT2D eigenvalue weighted by Gasteiger charge is 2.29. The van der Waals surface area contributed by atoms with Crippen LogP contribution in [0.5, 0.6) is 0 Å². The molecule has 0 heterocycles. The van der Waals surface area contributed by atoms with Gasteiger partial charge in [0.15, 0.2) is 0 Å². The molecule has 1 aromatic rings. The molecule has 1 atom stereocenters. The third-order valence-electron chi connectivity index (χ3n) is 1.70. The summed E-state index contributed by atoms with van der Waals surface area (Å²) in [6.07, 6.45) is -4.24. The van der Waals surface area contributed by atoms with E-state index in [1.165, 1.54) is 12.1 Å². The van der Waals surface area contributed by atoms with Gasteiger partial charge in [-0.3, -0.25) is 0 Å². The van der Waals surface area contributed by atoms with Crippen molar-refractivity contribution in [2.45, 2.75) is 17.9 Å². The summed E-state index contributed by atoms with van der Waals surface area (Å²) in [4.78, 5) is 0.0785. The van der Waals surface area contributed by atoms with Crippen LogP contribution in [0.15, 0.2) is 24.3 Å². The smallest absolute Gasteiger partial charge is 0.166 e. The van der Waals surface area contributed by atoms with Gasteiger partial charge in [-0.15, -0.1) is 0 Å². The maximum Gasteiger partial charge on any atom is 0.416 e. The number of benzene rings is 1. The highest BCUT2D eigenvalue weighted by atomic mass is 79.9. The molecule has 0 aliphatic carbocycles. The second-order valence-corrected chi connectivity index (χ2v) is 4.11. The van der Waals surface area contributed by atoms with E-state index in [2.05, 4.69) is 15.9 Å². The monoisotopic (exact) mass is 252 g/mol. The van der Waals surface area contributed by atoms with Crippen LogP contribution in [0.25, 0.3) is 0 Å². The second-order valence-electron chi connectivity index (χ2n) is 2.74. The summed E-state index contributed by atoms with van der Waals surface area (Å²) in [6, 6.07) is 5.13. The highest BCUT2D eigenvalue weighted by Crippen LogP contribution is 2.30. The molecule has 0 unspecified atom stereocenters. The molecule has 1 aromatic carbocycles. The van der Waals surface area contributed by atoms with E-state index in [4.69, 9.17) is 0 Å². The van der Waals surface area contributed by atoms with Crippen LogP contribution in [-0.2, 0) is 6.18 Å². The van der Waals surface area contributed by atoms with E-state index >= 15 is 0 Å². The summed E-state index contributed by atoms with van der Waals surface area (Å²) < 4.78 is 36.3. The summed E-state index contributed by atoms with van der Waals surface area (Å²) in [7, 11) is 0. The van der Waals surface area contributed by atoms with Crippen molar-refractivity contribution < 1.29 is 13.2 Å². The number of hydrogen-bond acceptors (Lipinski definition) is 0. The Labute approximate surface area is 82.9 Å².